The first kappa shape index (κ1) is 21.3. The van der Waals surface area contributed by atoms with Gasteiger partial charge < -0.3 is 14.5 Å². The largest absolute Gasteiger partial charge is 0.357 e. The lowest BCUT2D eigenvalue weighted by Crippen LogP contribution is -2.44. The Balaban J connectivity index is 0.000000938. The summed E-state index contributed by atoms with van der Waals surface area (Å²) in [6, 6.07) is 9.89. The van der Waals surface area contributed by atoms with E-state index in [1.165, 1.54) is 5.56 Å². The first-order valence-corrected chi connectivity index (χ1v) is 11.2. The normalized spacial score (nSPS) is 17.8. The topological polar surface area (TPSA) is 70.9 Å². The number of anilines is 1. The Labute approximate surface area is 184 Å². The number of imidazole rings is 1. The molecule has 1 fully saturated rings. The molecule has 7 nitrogen and oxygen atoms in total. The molecule has 0 bridgehead atoms. The highest BCUT2D eigenvalue weighted by molar-refractivity contribution is 5.97. The average molecular weight is 424 g/mol. The van der Waals surface area contributed by atoms with E-state index in [4.69, 9.17) is 4.74 Å². The van der Waals surface area contributed by atoms with Crippen LogP contribution in [0.15, 0.2) is 42.7 Å². The third-order valence-electron chi connectivity index (χ3n) is 5.60. The molecule has 2 aliphatic rings. The SMILES string of the molecule is CC.Cc1ccc2nc(CNC(=O)c3cccc4c3CNN4C3CCCCO3)cn2c1.[HH]. The van der Waals surface area contributed by atoms with Gasteiger partial charge >= 0.3 is 0 Å². The van der Waals surface area contributed by atoms with E-state index in [-0.39, 0.29) is 13.6 Å². The number of aromatic nitrogens is 2. The summed E-state index contributed by atoms with van der Waals surface area (Å²) in [4.78, 5) is 17.5. The van der Waals surface area contributed by atoms with Crippen molar-refractivity contribution in [3.8, 4) is 0 Å². The Bertz CT molecular complexity index is 1060. The molecule has 2 aromatic heterocycles. The molecule has 0 spiro atoms. The van der Waals surface area contributed by atoms with E-state index in [0.717, 1.165) is 48.5 Å². The van der Waals surface area contributed by atoms with Crippen LogP contribution in [0.5, 0.6) is 0 Å². The van der Waals surface area contributed by atoms with E-state index in [1.54, 1.807) is 0 Å². The summed E-state index contributed by atoms with van der Waals surface area (Å²) in [6.45, 7) is 7.86. The molecule has 31 heavy (non-hydrogen) atoms. The number of amides is 1. The number of hydrogen-bond donors (Lipinski definition) is 2. The number of nitrogens with zero attached hydrogens (tertiary/aromatic N) is 3. The van der Waals surface area contributed by atoms with Crippen molar-refractivity contribution in [1.82, 2.24) is 20.1 Å². The molecule has 1 atom stereocenters. The number of benzene rings is 1. The van der Waals surface area contributed by atoms with Crippen LogP contribution in [0.4, 0.5) is 5.69 Å². The van der Waals surface area contributed by atoms with Crippen LogP contribution in [0, 0.1) is 6.92 Å². The Hall–Kier alpha value is -2.90. The van der Waals surface area contributed by atoms with Gasteiger partial charge in [-0.1, -0.05) is 26.0 Å². The molecule has 2 N–H and O–H groups in total. The zero-order valence-corrected chi connectivity index (χ0v) is 18.5. The average Bonchev–Trinajstić information content (AvgIpc) is 3.43. The maximum absolute atomic E-state index is 12.9. The van der Waals surface area contributed by atoms with Crippen molar-refractivity contribution >= 4 is 17.2 Å². The van der Waals surface area contributed by atoms with E-state index >= 15 is 0 Å². The van der Waals surface area contributed by atoms with Crippen molar-refractivity contribution in [3.63, 3.8) is 0 Å². The van der Waals surface area contributed by atoms with E-state index in [9.17, 15) is 4.79 Å². The van der Waals surface area contributed by atoms with E-state index in [0.29, 0.717) is 18.7 Å². The highest BCUT2D eigenvalue weighted by Gasteiger charge is 2.30. The fourth-order valence-corrected chi connectivity index (χ4v) is 4.14. The van der Waals surface area contributed by atoms with Crippen LogP contribution in [0.1, 0.15) is 61.7 Å². The minimum absolute atomic E-state index is 0. The van der Waals surface area contributed by atoms with Gasteiger partial charge in [-0.3, -0.25) is 9.80 Å². The maximum Gasteiger partial charge on any atom is 0.252 e. The number of pyridine rings is 1. The van der Waals surface area contributed by atoms with Gasteiger partial charge in [-0.15, -0.1) is 0 Å². The minimum atomic E-state index is -0.0803. The van der Waals surface area contributed by atoms with Gasteiger partial charge in [-0.05, 0) is 49.9 Å². The summed E-state index contributed by atoms with van der Waals surface area (Å²) in [7, 11) is 0. The standard InChI is InChI=1S/C22H25N5O2.C2H6.H2/c1-15-8-9-20-25-16(14-26(20)13-15)11-23-22(28)17-5-4-6-19-18(17)12-24-27(19)21-7-2-3-10-29-21;1-2;/h4-6,8-9,13-14,21,24H,2-3,7,10-12H2,1H3,(H,23,28);1-2H3;1H. The van der Waals surface area contributed by atoms with Crippen molar-refractivity contribution in [2.75, 3.05) is 11.6 Å². The molecule has 7 heteroatoms. The molecule has 1 aromatic carbocycles. The molecule has 1 unspecified atom stereocenters. The number of aryl methyl sites for hydroxylation is 1. The molecule has 3 aromatic rings. The molecule has 0 saturated carbocycles. The van der Waals surface area contributed by atoms with Gasteiger partial charge in [0.25, 0.3) is 5.91 Å². The Morgan fingerprint density at radius 3 is 2.94 bits per heavy atom. The number of hydrazine groups is 1. The molecule has 2 aliphatic heterocycles. The number of nitrogens with one attached hydrogen (secondary N) is 2. The lowest BCUT2D eigenvalue weighted by molar-refractivity contribution is 0.00928. The lowest BCUT2D eigenvalue weighted by Gasteiger charge is -2.32. The lowest BCUT2D eigenvalue weighted by atomic mass is 10.0. The molecule has 1 amide bonds. The Morgan fingerprint density at radius 1 is 1.26 bits per heavy atom. The molecule has 166 valence electrons. The summed E-state index contributed by atoms with van der Waals surface area (Å²) in [5.74, 6) is -0.0803. The predicted octanol–water partition coefficient (Wildman–Crippen LogP) is 4.20. The molecular weight excluding hydrogens is 390 g/mol. The van der Waals surface area contributed by atoms with Crippen molar-refractivity contribution in [1.29, 1.82) is 0 Å². The number of hydrogen-bond acceptors (Lipinski definition) is 5. The maximum atomic E-state index is 12.9. The number of fused-ring (bicyclic) bond motifs is 2. The quantitative estimate of drug-likeness (QED) is 0.658. The van der Waals surface area contributed by atoms with Crippen molar-refractivity contribution < 1.29 is 11.0 Å². The number of ether oxygens (including phenoxy) is 1. The highest BCUT2D eigenvalue weighted by Crippen LogP contribution is 2.32. The van der Waals surface area contributed by atoms with Gasteiger partial charge in [0.1, 0.15) is 11.9 Å². The predicted molar refractivity (Wildman–Crippen MR) is 124 cm³/mol. The second kappa shape index (κ2) is 9.49. The number of carbonyl (C=O) groups excluding carboxylic acids is 1. The number of rotatable bonds is 4. The van der Waals surface area contributed by atoms with Gasteiger partial charge in [0.05, 0.1) is 17.9 Å². The molecule has 5 rings (SSSR count). The molecule has 0 radical (unpaired) electrons. The van der Waals surface area contributed by atoms with Crippen LogP contribution >= 0.6 is 0 Å². The number of carbonyl (C=O) groups is 1. The van der Waals surface area contributed by atoms with Gasteiger partial charge in [0, 0.05) is 38.1 Å². The first-order valence-electron chi connectivity index (χ1n) is 11.2. The van der Waals surface area contributed by atoms with Crippen LogP contribution in [-0.4, -0.2) is 28.1 Å². The second-order valence-electron chi connectivity index (χ2n) is 7.72. The van der Waals surface area contributed by atoms with Crippen molar-refractivity contribution in [2.45, 2.75) is 59.4 Å². The first-order chi connectivity index (χ1) is 15.2. The molecular formula is C24H33N5O2. The minimum Gasteiger partial charge on any atom is -0.357 e. The zero-order chi connectivity index (χ0) is 21.8. The van der Waals surface area contributed by atoms with Gasteiger partial charge in [0.2, 0.25) is 0 Å². The third-order valence-corrected chi connectivity index (χ3v) is 5.60. The summed E-state index contributed by atoms with van der Waals surface area (Å²) in [5.41, 5.74) is 9.04. The van der Waals surface area contributed by atoms with Crippen LogP contribution in [0.25, 0.3) is 5.65 Å². The van der Waals surface area contributed by atoms with Crippen LogP contribution in [0.3, 0.4) is 0 Å². The molecule has 0 aliphatic carbocycles. The monoisotopic (exact) mass is 423 g/mol. The summed E-state index contributed by atoms with van der Waals surface area (Å²) < 4.78 is 7.90. The summed E-state index contributed by atoms with van der Waals surface area (Å²) in [6.07, 6.45) is 7.30. The molecule has 1 saturated heterocycles. The Kier molecular flexibility index (Phi) is 6.53. The van der Waals surface area contributed by atoms with Gasteiger partial charge in [-0.25, -0.2) is 10.4 Å². The van der Waals surface area contributed by atoms with E-state index < -0.39 is 0 Å². The van der Waals surface area contributed by atoms with Crippen molar-refractivity contribution in [3.05, 3.63) is 65.1 Å². The fraction of sp³-hybridized carbons (Fsp3) is 0.417. The molecule has 4 heterocycles. The summed E-state index contributed by atoms with van der Waals surface area (Å²) >= 11 is 0. The van der Waals surface area contributed by atoms with E-state index in [2.05, 4.69) is 26.8 Å². The van der Waals surface area contributed by atoms with Crippen molar-refractivity contribution in [2.24, 2.45) is 0 Å². The Morgan fingerprint density at radius 2 is 2.13 bits per heavy atom. The summed E-state index contributed by atoms with van der Waals surface area (Å²) in [5, 5.41) is 5.10. The smallest absolute Gasteiger partial charge is 0.252 e. The van der Waals surface area contributed by atoms with Crippen LogP contribution < -0.4 is 15.8 Å². The van der Waals surface area contributed by atoms with Gasteiger partial charge in [-0.2, -0.15) is 0 Å². The van der Waals surface area contributed by atoms with Crippen LogP contribution in [-0.2, 0) is 17.8 Å². The van der Waals surface area contributed by atoms with E-state index in [1.807, 2.05) is 61.8 Å². The highest BCUT2D eigenvalue weighted by atomic mass is 16.5. The van der Waals surface area contributed by atoms with Crippen LogP contribution in [0.2, 0.25) is 0 Å². The second-order valence-corrected chi connectivity index (χ2v) is 7.72. The third kappa shape index (κ3) is 4.43. The van der Waals surface area contributed by atoms with Gasteiger partial charge in [0.15, 0.2) is 0 Å². The zero-order valence-electron chi connectivity index (χ0n) is 18.5. The fourth-order valence-electron chi connectivity index (χ4n) is 4.14.